The second kappa shape index (κ2) is 6.16. The van der Waals surface area contributed by atoms with Crippen molar-refractivity contribution in [1.82, 2.24) is 10.3 Å². The minimum absolute atomic E-state index is 0.480. The van der Waals surface area contributed by atoms with Crippen LogP contribution in [0.2, 0.25) is 0 Å². The number of anilines is 1. The molecule has 1 N–H and O–H groups in total. The number of fused-ring (bicyclic) bond motifs is 1. The normalized spacial score (nSPS) is 14.0. The van der Waals surface area contributed by atoms with E-state index in [1.807, 2.05) is 11.3 Å². The van der Waals surface area contributed by atoms with Gasteiger partial charge in [-0.3, -0.25) is 0 Å². The van der Waals surface area contributed by atoms with Gasteiger partial charge in [-0.15, -0.1) is 11.3 Å². The standard InChI is InChI=1S/C17H23N3S/c1-4-18-9-15-16(12(2)3)19-17(21-15)20-10-13-7-5-6-8-14(13)11-20/h5-8,12,18H,4,9-11H2,1-3H3. The molecule has 0 saturated heterocycles. The van der Waals surface area contributed by atoms with E-state index < -0.39 is 0 Å². The van der Waals surface area contributed by atoms with Crippen LogP contribution in [0.25, 0.3) is 0 Å². The molecule has 3 nitrogen and oxygen atoms in total. The average molecular weight is 301 g/mol. The fourth-order valence-electron chi connectivity index (χ4n) is 2.77. The third-order valence-electron chi connectivity index (χ3n) is 3.91. The van der Waals surface area contributed by atoms with Crippen molar-refractivity contribution in [3.63, 3.8) is 0 Å². The van der Waals surface area contributed by atoms with E-state index in [1.165, 1.54) is 26.8 Å². The zero-order valence-electron chi connectivity index (χ0n) is 13.0. The minimum atomic E-state index is 0.480. The van der Waals surface area contributed by atoms with Crippen molar-refractivity contribution < 1.29 is 0 Å². The van der Waals surface area contributed by atoms with Crippen LogP contribution in [0.3, 0.4) is 0 Å². The summed E-state index contributed by atoms with van der Waals surface area (Å²) >= 11 is 1.85. The maximum Gasteiger partial charge on any atom is 0.186 e. The zero-order chi connectivity index (χ0) is 14.8. The highest BCUT2D eigenvalue weighted by molar-refractivity contribution is 7.15. The topological polar surface area (TPSA) is 28.2 Å². The summed E-state index contributed by atoms with van der Waals surface area (Å²) in [4.78, 5) is 8.72. The molecule has 0 radical (unpaired) electrons. The molecule has 21 heavy (non-hydrogen) atoms. The predicted molar refractivity (Wildman–Crippen MR) is 89.9 cm³/mol. The number of hydrogen-bond donors (Lipinski definition) is 1. The highest BCUT2D eigenvalue weighted by Crippen LogP contribution is 2.35. The first-order valence-corrected chi connectivity index (χ1v) is 8.52. The van der Waals surface area contributed by atoms with Crippen LogP contribution >= 0.6 is 11.3 Å². The number of hydrogen-bond acceptors (Lipinski definition) is 4. The number of benzene rings is 1. The lowest BCUT2D eigenvalue weighted by Crippen LogP contribution is -2.14. The minimum Gasteiger partial charge on any atom is -0.339 e. The number of thiazole rings is 1. The van der Waals surface area contributed by atoms with Crippen LogP contribution in [-0.4, -0.2) is 11.5 Å². The molecule has 1 aromatic carbocycles. The van der Waals surface area contributed by atoms with Crippen LogP contribution in [-0.2, 0) is 19.6 Å². The maximum absolute atomic E-state index is 4.93. The van der Waals surface area contributed by atoms with Crippen LogP contribution in [0.1, 0.15) is 48.4 Å². The fourth-order valence-corrected chi connectivity index (χ4v) is 3.95. The van der Waals surface area contributed by atoms with Gasteiger partial charge in [0.05, 0.1) is 5.69 Å². The first kappa shape index (κ1) is 14.5. The fraction of sp³-hybridized carbons (Fsp3) is 0.471. The van der Waals surface area contributed by atoms with E-state index in [0.717, 1.165) is 26.2 Å². The van der Waals surface area contributed by atoms with Gasteiger partial charge >= 0.3 is 0 Å². The van der Waals surface area contributed by atoms with E-state index in [4.69, 9.17) is 4.98 Å². The Balaban J connectivity index is 1.83. The quantitative estimate of drug-likeness (QED) is 0.908. The molecule has 2 aromatic rings. The van der Waals surface area contributed by atoms with Crippen molar-refractivity contribution in [3.05, 3.63) is 46.0 Å². The Bertz CT molecular complexity index is 593. The molecule has 0 bridgehead atoms. The van der Waals surface area contributed by atoms with E-state index in [0.29, 0.717) is 5.92 Å². The summed E-state index contributed by atoms with van der Waals surface area (Å²) in [5.41, 5.74) is 4.13. The summed E-state index contributed by atoms with van der Waals surface area (Å²) in [5, 5.41) is 4.60. The molecule has 0 saturated carbocycles. The number of rotatable bonds is 5. The lowest BCUT2D eigenvalue weighted by atomic mass is 10.1. The highest BCUT2D eigenvalue weighted by atomic mass is 32.1. The second-order valence-corrected chi connectivity index (χ2v) is 6.93. The van der Waals surface area contributed by atoms with Gasteiger partial charge in [-0.25, -0.2) is 4.98 Å². The van der Waals surface area contributed by atoms with Gasteiger partial charge in [-0.05, 0) is 23.6 Å². The van der Waals surface area contributed by atoms with E-state index >= 15 is 0 Å². The van der Waals surface area contributed by atoms with E-state index in [1.54, 1.807) is 0 Å². The average Bonchev–Trinajstić information content (AvgIpc) is 3.08. The monoisotopic (exact) mass is 301 g/mol. The first-order valence-electron chi connectivity index (χ1n) is 7.71. The van der Waals surface area contributed by atoms with Gasteiger partial charge in [0.2, 0.25) is 0 Å². The predicted octanol–water partition coefficient (Wildman–Crippen LogP) is 3.90. The molecule has 112 valence electrons. The molecule has 4 heteroatoms. The van der Waals surface area contributed by atoms with Gasteiger partial charge in [0.25, 0.3) is 0 Å². The third-order valence-corrected chi connectivity index (χ3v) is 5.04. The van der Waals surface area contributed by atoms with Crippen molar-refractivity contribution in [2.75, 3.05) is 11.4 Å². The summed E-state index contributed by atoms with van der Waals surface area (Å²) in [7, 11) is 0. The van der Waals surface area contributed by atoms with Gasteiger partial charge in [-0.2, -0.15) is 0 Å². The van der Waals surface area contributed by atoms with E-state index in [-0.39, 0.29) is 0 Å². The summed E-state index contributed by atoms with van der Waals surface area (Å²) in [6.07, 6.45) is 0. The summed E-state index contributed by atoms with van der Waals surface area (Å²) < 4.78 is 0. The van der Waals surface area contributed by atoms with Gasteiger partial charge in [0.1, 0.15) is 0 Å². The lowest BCUT2D eigenvalue weighted by molar-refractivity contribution is 0.713. The van der Waals surface area contributed by atoms with Gasteiger partial charge in [0.15, 0.2) is 5.13 Å². The van der Waals surface area contributed by atoms with Crippen LogP contribution in [0.4, 0.5) is 5.13 Å². The van der Waals surface area contributed by atoms with E-state index in [2.05, 4.69) is 55.3 Å². The lowest BCUT2D eigenvalue weighted by Gasteiger charge is -2.13. The van der Waals surface area contributed by atoms with Gasteiger partial charge in [0, 0.05) is 24.5 Å². The molecular weight excluding hydrogens is 278 g/mol. The zero-order valence-corrected chi connectivity index (χ0v) is 13.8. The van der Waals surface area contributed by atoms with Crippen LogP contribution in [0.15, 0.2) is 24.3 Å². The second-order valence-electron chi connectivity index (χ2n) is 5.86. The Kier molecular flexibility index (Phi) is 4.27. The van der Waals surface area contributed by atoms with Crippen molar-refractivity contribution in [3.8, 4) is 0 Å². The Labute approximate surface area is 131 Å². The van der Waals surface area contributed by atoms with Crippen LogP contribution in [0.5, 0.6) is 0 Å². The molecule has 0 unspecified atom stereocenters. The molecule has 0 aliphatic carbocycles. The summed E-state index contributed by atoms with van der Waals surface area (Å²) in [6, 6.07) is 8.71. The molecule has 0 spiro atoms. The third kappa shape index (κ3) is 2.97. The highest BCUT2D eigenvalue weighted by Gasteiger charge is 2.23. The molecule has 0 amide bonds. The Morgan fingerprint density at radius 2 is 1.90 bits per heavy atom. The number of aromatic nitrogens is 1. The van der Waals surface area contributed by atoms with E-state index in [9.17, 15) is 0 Å². The molecule has 1 aromatic heterocycles. The van der Waals surface area contributed by atoms with Crippen molar-refractivity contribution in [2.45, 2.75) is 46.3 Å². The molecule has 0 atom stereocenters. The molecule has 1 aliphatic rings. The van der Waals surface area contributed by atoms with Gasteiger partial charge in [-0.1, -0.05) is 45.0 Å². The summed E-state index contributed by atoms with van der Waals surface area (Å²) in [5.74, 6) is 0.480. The van der Waals surface area contributed by atoms with Crippen molar-refractivity contribution >= 4 is 16.5 Å². The first-order chi connectivity index (χ1) is 10.2. The molecule has 2 heterocycles. The maximum atomic E-state index is 4.93. The smallest absolute Gasteiger partial charge is 0.186 e. The molecule has 3 rings (SSSR count). The Morgan fingerprint density at radius 1 is 1.24 bits per heavy atom. The van der Waals surface area contributed by atoms with Crippen molar-refractivity contribution in [2.24, 2.45) is 0 Å². The van der Waals surface area contributed by atoms with Crippen LogP contribution < -0.4 is 10.2 Å². The molecular formula is C17H23N3S. The number of nitrogens with zero attached hydrogens (tertiary/aromatic N) is 2. The van der Waals surface area contributed by atoms with Crippen molar-refractivity contribution in [1.29, 1.82) is 0 Å². The molecule has 0 fully saturated rings. The van der Waals surface area contributed by atoms with Crippen LogP contribution in [0, 0.1) is 0 Å². The summed E-state index contributed by atoms with van der Waals surface area (Å²) in [6.45, 7) is 10.5. The largest absolute Gasteiger partial charge is 0.339 e. The molecule has 1 aliphatic heterocycles. The SMILES string of the molecule is CCNCc1sc(N2Cc3ccccc3C2)nc1C(C)C. The van der Waals surface area contributed by atoms with Gasteiger partial charge < -0.3 is 10.2 Å². The number of nitrogens with one attached hydrogen (secondary N) is 1. The Morgan fingerprint density at radius 3 is 2.48 bits per heavy atom. The Hall–Kier alpha value is -1.39.